The van der Waals surface area contributed by atoms with Gasteiger partial charge in [0.2, 0.25) is 0 Å². The third-order valence-corrected chi connectivity index (χ3v) is 7.89. The zero-order valence-electron chi connectivity index (χ0n) is 17.0. The Balaban J connectivity index is 1.32. The average molecular weight is 425 g/mol. The zero-order valence-corrected chi connectivity index (χ0v) is 18.6. The Bertz CT molecular complexity index is 977. The highest BCUT2D eigenvalue weighted by atomic mass is 32.2. The summed E-state index contributed by atoms with van der Waals surface area (Å²) in [5, 5.41) is 6.04. The zero-order chi connectivity index (χ0) is 19.6. The molecule has 0 spiro atoms. The van der Waals surface area contributed by atoms with E-state index in [2.05, 4.69) is 46.8 Å². The number of hydrogen-bond acceptors (Lipinski definition) is 6. The van der Waals surface area contributed by atoms with Crippen molar-refractivity contribution < 1.29 is 0 Å². The van der Waals surface area contributed by atoms with Crippen LogP contribution in [-0.2, 0) is 19.4 Å². The number of fused-ring (bicyclic) bond motifs is 3. The van der Waals surface area contributed by atoms with Gasteiger partial charge in [0.1, 0.15) is 10.6 Å². The lowest BCUT2D eigenvalue weighted by atomic mass is 9.96. The first-order chi connectivity index (χ1) is 14.3. The molecule has 5 rings (SSSR count). The van der Waals surface area contributed by atoms with Gasteiger partial charge in [0.25, 0.3) is 0 Å². The van der Waals surface area contributed by atoms with E-state index < -0.39 is 0 Å². The van der Waals surface area contributed by atoms with Crippen LogP contribution in [0.1, 0.15) is 41.7 Å². The molecule has 0 unspecified atom stereocenters. The minimum Gasteiger partial charge on any atom is -0.367 e. The van der Waals surface area contributed by atoms with E-state index in [1.54, 1.807) is 16.6 Å². The van der Waals surface area contributed by atoms with Gasteiger partial charge in [0.15, 0.2) is 5.16 Å². The molecule has 1 aliphatic heterocycles. The van der Waals surface area contributed by atoms with Crippen LogP contribution >= 0.6 is 23.1 Å². The molecule has 1 N–H and O–H groups in total. The fourth-order valence-electron chi connectivity index (χ4n) is 4.60. The minimum atomic E-state index is 0.494. The van der Waals surface area contributed by atoms with Crippen LogP contribution in [0.5, 0.6) is 0 Å². The number of rotatable bonds is 5. The number of likely N-dealkylation sites (tertiary alicyclic amines) is 1. The molecule has 4 nitrogen and oxygen atoms in total. The van der Waals surface area contributed by atoms with Crippen molar-refractivity contribution in [1.29, 1.82) is 0 Å². The SMILES string of the molecule is CSc1nc(NC2CCN(Cc3ccccc3)CC2)c2c3c(sc2n1)CCCC3. The summed E-state index contributed by atoms with van der Waals surface area (Å²) in [5.41, 5.74) is 2.93. The third-order valence-electron chi connectivity index (χ3n) is 6.15. The summed E-state index contributed by atoms with van der Waals surface area (Å²) in [5.74, 6) is 1.08. The fourth-order valence-corrected chi connectivity index (χ4v) is 6.29. The van der Waals surface area contributed by atoms with Crippen LogP contribution in [0.2, 0.25) is 0 Å². The van der Waals surface area contributed by atoms with Gasteiger partial charge in [-0.05, 0) is 55.9 Å². The lowest BCUT2D eigenvalue weighted by Gasteiger charge is -2.32. The Hall–Kier alpha value is -1.63. The van der Waals surface area contributed by atoms with Crippen molar-refractivity contribution in [3.8, 4) is 0 Å². The van der Waals surface area contributed by atoms with Crippen LogP contribution in [0.4, 0.5) is 5.82 Å². The van der Waals surface area contributed by atoms with E-state index in [1.165, 1.54) is 59.9 Å². The molecule has 2 aliphatic rings. The number of thioether (sulfide) groups is 1. The fraction of sp³-hybridized carbons (Fsp3) is 0.478. The van der Waals surface area contributed by atoms with Gasteiger partial charge in [0.05, 0.1) is 5.39 Å². The first-order valence-electron chi connectivity index (χ1n) is 10.7. The molecule has 0 saturated carbocycles. The van der Waals surface area contributed by atoms with Crippen molar-refractivity contribution in [2.24, 2.45) is 0 Å². The highest BCUT2D eigenvalue weighted by Crippen LogP contribution is 2.39. The van der Waals surface area contributed by atoms with E-state index in [0.29, 0.717) is 6.04 Å². The highest BCUT2D eigenvalue weighted by Gasteiger charge is 2.24. The summed E-state index contributed by atoms with van der Waals surface area (Å²) < 4.78 is 0. The minimum absolute atomic E-state index is 0.494. The Labute approximate surface area is 181 Å². The number of nitrogens with one attached hydrogen (secondary N) is 1. The van der Waals surface area contributed by atoms with Crippen LogP contribution in [-0.4, -0.2) is 40.3 Å². The molecule has 0 atom stereocenters. The van der Waals surface area contributed by atoms with Crippen LogP contribution < -0.4 is 5.32 Å². The van der Waals surface area contributed by atoms with Gasteiger partial charge < -0.3 is 5.32 Å². The largest absolute Gasteiger partial charge is 0.367 e. The Morgan fingerprint density at radius 3 is 2.69 bits per heavy atom. The first-order valence-corrected chi connectivity index (χ1v) is 12.7. The van der Waals surface area contributed by atoms with E-state index in [4.69, 9.17) is 9.97 Å². The second kappa shape index (κ2) is 8.62. The number of aromatic nitrogens is 2. The van der Waals surface area contributed by atoms with E-state index in [9.17, 15) is 0 Å². The number of hydrogen-bond donors (Lipinski definition) is 1. The molecule has 0 amide bonds. The molecule has 1 aromatic carbocycles. The van der Waals surface area contributed by atoms with Crippen molar-refractivity contribution in [2.75, 3.05) is 24.7 Å². The molecule has 2 aromatic heterocycles. The smallest absolute Gasteiger partial charge is 0.190 e. The number of nitrogens with zero attached hydrogens (tertiary/aromatic N) is 3. The molecule has 3 aromatic rings. The predicted octanol–water partition coefficient (Wildman–Crippen LogP) is 5.37. The summed E-state index contributed by atoms with van der Waals surface area (Å²) in [7, 11) is 0. The molecule has 152 valence electrons. The second-order valence-corrected chi connectivity index (χ2v) is 9.99. The summed E-state index contributed by atoms with van der Waals surface area (Å²) in [6.07, 6.45) is 9.40. The summed E-state index contributed by atoms with van der Waals surface area (Å²) in [6.45, 7) is 3.33. The van der Waals surface area contributed by atoms with Crippen molar-refractivity contribution >= 4 is 39.1 Å². The topological polar surface area (TPSA) is 41.1 Å². The van der Waals surface area contributed by atoms with Gasteiger partial charge in [-0.2, -0.15) is 0 Å². The lowest BCUT2D eigenvalue weighted by molar-refractivity contribution is 0.211. The van der Waals surface area contributed by atoms with Gasteiger partial charge >= 0.3 is 0 Å². The third kappa shape index (κ3) is 4.16. The quantitative estimate of drug-likeness (QED) is 0.440. The second-order valence-electron chi connectivity index (χ2n) is 8.13. The molecule has 3 heterocycles. The highest BCUT2D eigenvalue weighted by molar-refractivity contribution is 7.98. The number of anilines is 1. The monoisotopic (exact) mass is 424 g/mol. The Morgan fingerprint density at radius 2 is 1.90 bits per heavy atom. The van der Waals surface area contributed by atoms with E-state index >= 15 is 0 Å². The summed E-state index contributed by atoms with van der Waals surface area (Å²) in [4.78, 5) is 15.0. The van der Waals surface area contributed by atoms with Gasteiger partial charge in [-0.15, -0.1) is 11.3 Å². The molecule has 1 fully saturated rings. The Morgan fingerprint density at radius 1 is 1.10 bits per heavy atom. The van der Waals surface area contributed by atoms with E-state index in [-0.39, 0.29) is 0 Å². The van der Waals surface area contributed by atoms with Crippen molar-refractivity contribution in [1.82, 2.24) is 14.9 Å². The molecular formula is C23H28N4S2. The number of piperidine rings is 1. The summed E-state index contributed by atoms with van der Waals surface area (Å²) in [6, 6.07) is 11.3. The van der Waals surface area contributed by atoms with Crippen molar-refractivity contribution in [3.05, 3.63) is 46.3 Å². The molecule has 6 heteroatoms. The Kier molecular flexibility index (Phi) is 5.75. The standard InChI is InChI=1S/C23H28N4S2/c1-28-23-25-21(20-18-9-5-6-10-19(18)29-22(20)26-23)24-17-11-13-27(14-12-17)15-16-7-3-2-4-8-16/h2-4,7-8,17H,5-6,9-15H2,1H3,(H,24,25,26). The lowest BCUT2D eigenvalue weighted by Crippen LogP contribution is -2.38. The van der Waals surface area contributed by atoms with Crippen LogP contribution in [0.25, 0.3) is 10.2 Å². The predicted molar refractivity (Wildman–Crippen MR) is 124 cm³/mol. The van der Waals surface area contributed by atoms with Gasteiger partial charge in [-0.3, -0.25) is 4.90 Å². The molecule has 0 bridgehead atoms. The maximum atomic E-state index is 4.91. The summed E-state index contributed by atoms with van der Waals surface area (Å²) >= 11 is 3.54. The number of thiophene rings is 1. The van der Waals surface area contributed by atoms with Crippen LogP contribution in [0.15, 0.2) is 35.5 Å². The number of benzene rings is 1. The normalized spacial score (nSPS) is 18.1. The molecule has 1 saturated heterocycles. The molecule has 1 aliphatic carbocycles. The molecular weight excluding hydrogens is 396 g/mol. The van der Waals surface area contributed by atoms with Crippen LogP contribution in [0.3, 0.4) is 0 Å². The molecule has 0 radical (unpaired) electrons. The maximum absolute atomic E-state index is 4.91. The van der Waals surface area contributed by atoms with E-state index in [1.807, 2.05) is 11.3 Å². The average Bonchev–Trinajstić information content (AvgIpc) is 3.14. The van der Waals surface area contributed by atoms with E-state index in [0.717, 1.165) is 30.6 Å². The van der Waals surface area contributed by atoms with Gasteiger partial charge in [-0.25, -0.2) is 9.97 Å². The van der Waals surface area contributed by atoms with Crippen molar-refractivity contribution in [3.63, 3.8) is 0 Å². The molecule has 29 heavy (non-hydrogen) atoms. The maximum Gasteiger partial charge on any atom is 0.190 e. The van der Waals surface area contributed by atoms with Crippen molar-refractivity contribution in [2.45, 2.75) is 56.3 Å². The number of aryl methyl sites for hydroxylation is 2. The van der Waals surface area contributed by atoms with Gasteiger partial charge in [0, 0.05) is 30.6 Å². The first kappa shape index (κ1) is 19.3. The van der Waals surface area contributed by atoms with Gasteiger partial charge in [-0.1, -0.05) is 42.1 Å². The van der Waals surface area contributed by atoms with Crippen LogP contribution in [0, 0.1) is 0 Å².